The highest BCUT2D eigenvalue weighted by Crippen LogP contribution is 2.45. The largest absolute Gasteiger partial charge is 0.496 e. The van der Waals surface area contributed by atoms with Gasteiger partial charge in [-0.15, -0.1) is 0 Å². The van der Waals surface area contributed by atoms with Crippen LogP contribution in [-0.4, -0.2) is 21.3 Å². The van der Waals surface area contributed by atoms with Crippen molar-refractivity contribution in [3.05, 3.63) is 17.7 Å². The summed E-state index contributed by atoms with van der Waals surface area (Å²) >= 11 is 0. The highest BCUT2D eigenvalue weighted by molar-refractivity contribution is 5.52. The summed E-state index contributed by atoms with van der Waals surface area (Å²) in [6.45, 7) is 2.28. The molecule has 0 saturated heterocycles. The van der Waals surface area contributed by atoms with Crippen molar-refractivity contribution in [1.29, 1.82) is 0 Å². The molecule has 112 valence electrons. The highest BCUT2D eigenvalue weighted by Gasteiger charge is 2.33. The summed E-state index contributed by atoms with van der Waals surface area (Å²) in [5.41, 5.74) is 7.49. The Morgan fingerprint density at radius 3 is 2.05 bits per heavy atom. The molecule has 1 aromatic carbocycles. The molecule has 4 heteroatoms. The van der Waals surface area contributed by atoms with Gasteiger partial charge in [-0.1, -0.05) is 19.8 Å². The minimum absolute atomic E-state index is 0.0664. The van der Waals surface area contributed by atoms with Crippen molar-refractivity contribution in [2.24, 2.45) is 17.6 Å². The molecule has 3 atom stereocenters. The van der Waals surface area contributed by atoms with Crippen molar-refractivity contribution in [3.63, 3.8) is 0 Å². The van der Waals surface area contributed by atoms with Crippen molar-refractivity contribution in [3.8, 4) is 17.2 Å². The van der Waals surface area contributed by atoms with Crippen LogP contribution in [0.25, 0.3) is 0 Å². The van der Waals surface area contributed by atoms with E-state index in [4.69, 9.17) is 19.9 Å². The van der Waals surface area contributed by atoms with Gasteiger partial charge in [0.05, 0.1) is 26.9 Å². The maximum atomic E-state index is 6.53. The Labute approximate surface area is 121 Å². The van der Waals surface area contributed by atoms with E-state index >= 15 is 0 Å². The number of nitrogens with two attached hydrogens (primary N) is 1. The lowest BCUT2D eigenvalue weighted by Crippen LogP contribution is -2.24. The molecule has 2 rings (SSSR count). The van der Waals surface area contributed by atoms with Gasteiger partial charge in [0.15, 0.2) is 0 Å². The first kappa shape index (κ1) is 15.0. The van der Waals surface area contributed by atoms with Crippen molar-refractivity contribution < 1.29 is 14.2 Å². The van der Waals surface area contributed by atoms with Crippen molar-refractivity contribution in [1.82, 2.24) is 0 Å². The second-order valence-electron chi connectivity index (χ2n) is 5.54. The van der Waals surface area contributed by atoms with E-state index in [-0.39, 0.29) is 6.04 Å². The van der Waals surface area contributed by atoms with E-state index in [9.17, 15) is 0 Å². The van der Waals surface area contributed by atoms with Crippen LogP contribution in [0.1, 0.15) is 37.8 Å². The molecule has 1 aromatic rings. The van der Waals surface area contributed by atoms with Crippen molar-refractivity contribution in [2.75, 3.05) is 21.3 Å². The van der Waals surface area contributed by atoms with Gasteiger partial charge in [0.2, 0.25) is 0 Å². The predicted octanol–water partition coefficient (Wildman–Crippen LogP) is 3.15. The summed E-state index contributed by atoms with van der Waals surface area (Å²) in [5, 5.41) is 0. The van der Waals surface area contributed by atoms with Crippen LogP contribution in [0.3, 0.4) is 0 Å². The molecule has 0 amide bonds. The van der Waals surface area contributed by atoms with Gasteiger partial charge in [-0.05, 0) is 18.3 Å². The fourth-order valence-electron chi connectivity index (χ4n) is 3.28. The number of hydrogen-bond donors (Lipinski definition) is 1. The Morgan fingerprint density at radius 1 is 1.05 bits per heavy atom. The molecule has 4 nitrogen and oxygen atoms in total. The lowest BCUT2D eigenvalue weighted by atomic mass is 9.85. The van der Waals surface area contributed by atoms with Crippen LogP contribution in [0.15, 0.2) is 12.1 Å². The zero-order chi connectivity index (χ0) is 14.7. The Morgan fingerprint density at radius 2 is 1.65 bits per heavy atom. The van der Waals surface area contributed by atoms with Gasteiger partial charge in [0.1, 0.15) is 17.2 Å². The van der Waals surface area contributed by atoms with Crippen molar-refractivity contribution in [2.45, 2.75) is 32.2 Å². The van der Waals surface area contributed by atoms with E-state index in [1.807, 2.05) is 12.1 Å². The smallest absolute Gasteiger partial charge is 0.131 e. The SMILES string of the molecule is COc1cc(OC)c(C(N)C2CCCC2C)c(OC)c1. The molecule has 0 bridgehead atoms. The van der Waals surface area contributed by atoms with Crippen LogP contribution in [0, 0.1) is 11.8 Å². The third-order valence-electron chi connectivity index (χ3n) is 4.48. The first-order valence-electron chi connectivity index (χ1n) is 7.17. The van der Waals surface area contributed by atoms with Crippen LogP contribution < -0.4 is 19.9 Å². The van der Waals surface area contributed by atoms with Gasteiger partial charge in [0, 0.05) is 18.2 Å². The zero-order valence-corrected chi connectivity index (χ0v) is 12.8. The normalized spacial score (nSPS) is 23.4. The maximum absolute atomic E-state index is 6.53. The van der Waals surface area contributed by atoms with E-state index in [2.05, 4.69) is 6.92 Å². The molecular formula is C16H25NO3. The van der Waals surface area contributed by atoms with E-state index in [0.29, 0.717) is 17.6 Å². The Balaban J connectivity index is 2.42. The maximum Gasteiger partial charge on any atom is 0.131 e. The van der Waals surface area contributed by atoms with Crippen LogP contribution in [0.5, 0.6) is 17.2 Å². The second kappa shape index (κ2) is 6.35. The van der Waals surface area contributed by atoms with E-state index < -0.39 is 0 Å². The van der Waals surface area contributed by atoms with E-state index in [1.54, 1.807) is 21.3 Å². The topological polar surface area (TPSA) is 53.7 Å². The summed E-state index contributed by atoms with van der Waals surface area (Å²) in [6, 6.07) is 3.68. The molecular weight excluding hydrogens is 254 g/mol. The van der Waals surface area contributed by atoms with Crippen LogP contribution in [-0.2, 0) is 0 Å². The number of ether oxygens (including phenoxy) is 3. The first-order valence-corrected chi connectivity index (χ1v) is 7.17. The zero-order valence-electron chi connectivity index (χ0n) is 12.8. The summed E-state index contributed by atoms with van der Waals surface area (Å²) in [6.07, 6.45) is 3.67. The molecule has 0 radical (unpaired) electrons. The molecule has 1 saturated carbocycles. The lowest BCUT2D eigenvalue weighted by Gasteiger charge is -2.27. The molecule has 0 heterocycles. The minimum atomic E-state index is -0.0664. The average molecular weight is 279 g/mol. The van der Waals surface area contributed by atoms with Crippen LogP contribution in [0.4, 0.5) is 0 Å². The quantitative estimate of drug-likeness (QED) is 0.899. The molecule has 2 N–H and O–H groups in total. The standard InChI is InChI=1S/C16H25NO3/c1-10-6-5-7-12(10)16(17)15-13(19-3)8-11(18-2)9-14(15)20-4/h8-10,12,16H,5-7,17H2,1-4H3. The third-order valence-corrected chi connectivity index (χ3v) is 4.48. The van der Waals surface area contributed by atoms with Crippen molar-refractivity contribution >= 4 is 0 Å². The number of hydrogen-bond acceptors (Lipinski definition) is 4. The molecule has 0 aliphatic heterocycles. The molecule has 0 aromatic heterocycles. The van der Waals surface area contributed by atoms with Gasteiger partial charge in [0.25, 0.3) is 0 Å². The van der Waals surface area contributed by atoms with Gasteiger partial charge in [-0.3, -0.25) is 0 Å². The third kappa shape index (κ3) is 2.70. The monoisotopic (exact) mass is 279 g/mol. The first-order chi connectivity index (χ1) is 9.62. The van der Waals surface area contributed by atoms with Crippen LogP contribution >= 0.6 is 0 Å². The molecule has 1 aliphatic rings. The predicted molar refractivity (Wildman–Crippen MR) is 79.5 cm³/mol. The number of benzene rings is 1. The molecule has 0 spiro atoms. The summed E-state index contributed by atoms with van der Waals surface area (Å²) in [5.74, 6) is 3.32. The van der Waals surface area contributed by atoms with Gasteiger partial charge < -0.3 is 19.9 Å². The number of rotatable bonds is 5. The Bertz CT molecular complexity index is 436. The van der Waals surface area contributed by atoms with Gasteiger partial charge in [-0.25, -0.2) is 0 Å². The molecule has 1 aliphatic carbocycles. The molecule has 20 heavy (non-hydrogen) atoms. The molecule has 1 fully saturated rings. The van der Waals surface area contributed by atoms with E-state index in [1.165, 1.54) is 19.3 Å². The average Bonchev–Trinajstić information content (AvgIpc) is 2.91. The summed E-state index contributed by atoms with van der Waals surface area (Å²) in [4.78, 5) is 0. The Hall–Kier alpha value is -1.42. The number of methoxy groups -OCH3 is 3. The highest BCUT2D eigenvalue weighted by atomic mass is 16.5. The van der Waals surface area contributed by atoms with E-state index in [0.717, 1.165) is 17.1 Å². The lowest BCUT2D eigenvalue weighted by molar-refractivity contribution is 0.318. The fourth-order valence-corrected chi connectivity index (χ4v) is 3.28. The molecule has 3 unspecified atom stereocenters. The Kier molecular flexibility index (Phi) is 4.76. The minimum Gasteiger partial charge on any atom is -0.496 e. The fraction of sp³-hybridized carbons (Fsp3) is 0.625. The summed E-state index contributed by atoms with van der Waals surface area (Å²) in [7, 11) is 4.94. The van der Waals surface area contributed by atoms with Gasteiger partial charge >= 0.3 is 0 Å². The second-order valence-corrected chi connectivity index (χ2v) is 5.54. The summed E-state index contributed by atoms with van der Waals surface area (Å²) < 4.78 is 16.3. The van der Waals surface area contributed by atoms with Gasteiger partial charge in [-0.2, -0.15) is 0 Å². The van der Waals surface area contributed by atoms with Crippen LogP contribution in [0.2, 0.25) is 0 Å².